The number of nitrogen functional groups attached to an aromatic ring is 1. The lowest BCUT2D eigenvalue weighted by Gasteiger charge is -2.35. The molecule has 0 aliphatic carbocycles. The Morgan fingerprint density at radius 2 is 1.88 bits per heavy atom. The summed E-state index contributed by atoms with van der Waals surface area (Å²) in [6.45, 7) is 1.72. The van der Waals surface area contributed by atoms with E-state index in [1.54, 1.807) is 31.2 Å². The summed E-state index contributed by atoms with van der Waals surface area (Å²) in [7, 11) is 0. The van der Waals surface area contributed by atoms with Crippen molar-refractivity contribution < 1.29 is 14.8 Å². The Bertz CT molecular complexity index is 469. The molecule has 1 saturated heterocycles. The number of amides is 2. The molecule has 3 N–H and O–H groups in total. The van der Waals surface area contributed by atoms with Gasteiger partial charge in [0.15, 0.2) is 0 Å². The van der Waals surface area contributed by atoms with E-state index in [1.165, 1.54) is 0 Å². The number of hydrogen-bond acceptors (Lipinski definition) is 4. The van der Waals surface area contributed by atoms with Gasteiger partial charge in [-0.25, -0.2) is 0 Å². The van der Waals surface area contributed by atoms with Crippen molar-refractivity contribution in [1.29, 1.82) is 0 Å². The van der Waals surface area contributed by atoms with Crippen molar-refractivity contribution in [3.05, 3.63) is 29.8 Å². The number of anilines is 1. The quantitative estimate of drug-likeness (QED) is 0.432. The standard InChI is InChI=1S/C12H14N2O3/c1-12(8-2-4-9(13)5-3-8)7-6-10(15)14(17)11(12)16/h2-5,17H,6-7,13H2,1H3/t12-/m1/s1. The van der Waals surface area contributed by atoms with E-state index in [-0.39, 0.29) is 11.5 Å². The smallest absolute Gasteiger partial charge is 0.263 e. The topological polar surface area (TPSA) is 83.6 Å². The van der Waals surface area contributed by atoms with Crippen LogP contribution in [0.5, 0.6) is 0 Å². The molecule has 5 nitrogen and oxygen atoms in total. The third-order valence-electron chi connectivity index (χ3n) is 3.29. The minimum absolute atomic E-state index is 0.156. The summed E-state index contributed by atoms with van der Waals surface area (Å²) >= 11 is 0. The van der Waals surface area contributed by atoms with Crippen molar-refractivity contribution in [2.24, 2.45) is 0 Å². The van der Waals surface area contributed by atoms with Crippen LogP contribution in [0.3, 0.4) is 0 Å². The summed E-state index contributed by atoms with van der Waals surface area (Å²) in [5, 5.41) is 9.63. The third-order valence-corrected chi connectivity index (χ3v) is 3.29. The van der Waals surface area contributed by atoms with Gasteiger partial charge in [0.2, 0.25) is 0 Å². The molecule has 0 bridgehead atoms. The molecule has 1 heterocycles. The Labute approximate surface area is 98.8 Å². The maximum atomic E-state index is 12.0. The molecule has 5 heteroatoms. The molecule has 2 amide bonds. The van der Waals surface area contributed by atoms with Gasteiger partial charge in [-0.2, -0.15) is 5.06 Å². The molecule has 1 aromatic carbocycles. The van der Waals surface area contributed by atoms with Crippen LogP contribution in [0.15, 0.2) is 24.3 Å². The SMILES string of the molecule is C[C@]1(c2ccc(N)cc2)CCC(=O)N(O)C1=O. The second kappa shape index (κ2) is 3.85. The van der Waals surface area contributed by atoms with Crippen LogP contribution in [0.2, 0.25) is 0 Å². The normalized spacial score (nSPS) is 25.2. The van der Waals surface area contributed by atoms with Gasteiger partial charge in [0.1, 0.15) is 0 Å². The van der Waals surface area contributed by atoms with Gasteiger partial charge < -0.3 is 5.73 Å². The van der Waals surface area contributed by atoms with Crippen LogP contribution in [0.4, 0.5) is 5.69 Å². The summed E-state index contributed by atoms with van der Waals surface area (Å²) < 4.78 is 0. The number of hydrogen-bond donors (Lipinski definition) is 2. The predicted molar refractivity (Wildman–Crippen MR) is 61.1 cm³/mol. The van der Waals surface area contributed by atoms with E-state index in [4.69, 9.17) is 5.73 Å². The van der Waals surface area contributed by atoms with Gasteiger partial charge in [0.25, 0.3) is 11.8 Å². The molecule has 0 spiro atoms. The zero-order valence-electron chi connectivity index (χ0n) is 9.51. The highest BCUT2D eigenvalue weighted by atomic mass is 16.5. The molecular formula is C12H14N2O3. The van der Waals surface area contributed by atoms with E-state index in [1.807, 2.05) is 0 Å². The van der Waals surface area contributed by atoms with Crippen molar-refractivity contribution in [3.63, 3.8) is 0 Å². The Balaban J connectivity index is 2.39. The minimum Gasteiger partial charge on any atom is -0.399 e. The van der Waals surface area contributed by atoms with Gasteiger partial charge in [-0.1, -0.05) is 12.1 Å². The number of carbonyl (C=O) groups is 2. The highest BCUT2D eigenvalue weighted by molar-refractivity contribution is 6.01. The van der Waals surface area contributed by atoms with Crippen LogP contribution in [-0.2, 0) is 15.0 Å². The lowest BCUT2D eigenvalue weighted by Crippen LogP contribution is -2.51. The molecular weight excluding hydrogens is 220 g/mol. The molecule has 0 saturated carbocycles. The fourth-order valence-electron chi connectivity index (χ4n) is 2.04. The van der Waals surface area contributed by atoms with Gasteiger partial charge in [-0.3, -0.25) is 14.8 Å². The molecule has 90 valence electrons. The number of hydroxylamine groups is 2. The Kier molecular flexibility index (Phi) is 2.63. The zero-order valence-corrected chi connectivity index (χ0v) is 9.51. The molecule has 2 rings (SSSR count). The molecule has 17 heavy (non-hydrogen) atoms. The van der Waals surface area contributed by atoms with Gasteiger partial charge in [0.05, 0.1) is 5.41 Å². The monoisotopic (exact) mass is 234 g/mol. The first-order valence-electron chi connectivity index (χ1n) is 5.37. The fourth-order valence-corrected chi connectivity index (χ4v) is 2.04. The van der Waals surface area contributed by atoms with Crippen molar-refractivity contribution in [3.8, 4) is 0 Å². The van der Waals surface area contributed by atoms with E-state index < -0.39 is 17.2 Å². The predicted octanol–water partition coefficient (Wildman–Crippen LogP) is 1.06. The Morgan fingerprint density at radius 1 is 1.29 bits per heavy atom. The van der Waals surface area contributed by atoms with Crippen LogP contribution in [0.25, 0.3) is 0 Å². The van der Waals surface area contributed by atoms with Crippen LogP contribution >= 0.6 is 0 Å². The molecule has 1 aromatic rings. The fraction of sp³-hybridized carbons (Fsp3) is 0.333. The van der Waals surface area contributed by atoms with Gasteiger partial charge >= 0.3 is 0 Å². The number of rotatable bonds is 1. The molecule has 0 aromatic heterocycles. The van der Waals surface area contributed by atoms with Crippen molar-refractivity contribution in [1.82, 2.24) is 5.06 Å². The molecule has 0 radical (unpaired) electrons. The third kappa shape index (κ3) is 1.78. The van der Waals surface area contributed by atoms with Crippen LogP contribution < -0.4 is 5.73 Å². The van der Waals surface area contributed by atoms with Crippen LogP contribution in [0.1, 0.15) is 25.3 Å². The second-order valence-corrected chi connectivity index (χ2v) is 4.46. The van der Waals surface area contributed by atoms with E-state index in [9.17, 15) is 14.8 Å². The first-order valence-corrected chi connectivity index (χ1v) is 5.37. The van der Waals surface area contributed by atoms with Crippen molar-refractivity contribution >= 4 is 17.5 Å². The van der Waals surface area contributed by atoms with Crippen LogP contribution in [-0.4, -0.2) is 22.1 Å². The van der Waals surface area contributed by atoms with E-state index in [0.29, 0.717) is 12.1 Å². The summed E-state index contributed by atoms with van der Waals surface area (Å²) in [6.07, 6.45) is 0.550. The maximum absolute atomic E-state index is 12.0. The zero-order chi connectivity index (χ0) is 12.6. The molecule has 1 aliphatic heterocycles. The number of piperidine rings is 1. The van der Waals surface area contributed by atoms with E-state index >= 15 is 0 Å². The summed E-state index contributed by atoms with van der Waals surface area (Å²) in [5.41, 5.74) is 6.08. The summed E-state index contributed by atoms with van der Waals surface area (Å²) in [5.74, 6) is -1.14. The first kappa shape index (κ1) is 11.6. The summed E-state index contributed by atoms with van der Waals surface area (Å²) in [6, 6.07) is 6.89. The van der Waals surface area contributed by atoms with Crippen LogP contribution in [0, 0.1) is 0 Å². The van der Waals surface area contributed by atoms with Gasteiger partial charge in [-0.15, -0.1) is 0 Å². The summed E-state index contributed by atoms with van der Waals surface area (Å²) in [4.78, 5) is 23.2. The van der Waals surface area contributed by atoms with Gasteiger partial charge in [0, 0.05) is 12.1 Å². The number of nitrogens with zero attached hydrogens (tertiary/aromatic N) is 1. The number of benzene rings is 1. The van der Waals surface area contributed by atoms with Crippen molar-refractivity contribution in [2.75, 3.05) is 5.73 Å². The molecule has 1 atom stereocenters. The molecule has 0 unspecified atom stereocenters. The van der Waals surface area contributed by atoms with E-state index in [0.717, 1.165) is 5.56 Å². The van der Waals surface area contributed by atoms with E-state index in [2.05, 4.69) is 0 Å². The second-order valence-electron chi connectivity index (χ2n) is 4.46. The largest absolute Gasteiger partial charge is 0.399 e. The number of carbonyl (C=O) groups excluding carboxylic acids is 2. The molecule has 1 fully saturated rings. The molecule has 1 aliphatic rings. The Morgan fingerprint density at radius 3 is 2.47 bits per heavy atom. The van der Waals surface area contributed by atoms with Crippen molar-refractivity contribution in [2.45, 2.75) is 25.2 Å². The lowest BCUT2D eigenvalue weighted by atomic mass is 9.75. The lowest BCUT2D eigenvalue weighted by molar-refractivity contribution is -0.188. The number of imide groups is 1. The first-order chi connectivity index (χ1) is 7.95. The highest BCUT2D eigenvalue weighted by Crippen LogP contribution is 2.34. The minimum atomic E-state index is -0.865. The highest BCUT2D eigenvalue weighted by Gasteiger charge is 2.44. The average Bonchev–Trinajstić information content (AvgIpc) is 2.33. The maximum Gasteiger partial charge on any atom is 0.263 e. The Hall–Kier alpha value is -1.88. The average molecular weight is 234 g/mol. The number of nitrogens with two attached hydrogens (primary N) is 1. The van der Waals surface area contributed by atoms with Gasteiger partial charge in [-0.05, 0) is 31.0 Å².